The molecule has 0 bridgehead atoms. The minimum Gasteiger partial charge on any atom is -0.550 e. The van der Waals surface area contributed by atoms with Gasteiger partial charge in [0.1, 0.15) is 5.75 Å². The fourth-order valence-corrected chi connectivity index (χ4v) is 2.57. The van der Waals surface area contributed by atoms with Crippen LogP contribution in [0.15, 0.2) is 30.8 Å². The van der Waals surface area contributed by atoms with Crippen LogP contribution in [0.25, 0.3) is 6.08 Å². The van der Waals surface area contributed by atoms with Gasteiger partial charge in [-0.05, 0) is 49.8 Å². The third kappa shape index (κ3) is 10.9. The maximum absolute atomic E-state index is 10.3. The topological polar surface area (TPSA) is 49.4 Å². The maximum Gasteiger partial charge on any atom is 1.00 e. The Kier molecular flexibility index (Phi) is 14.1. The zero-order valence-electron chi connectivity index (χ0n) is 15.3. The zero-order valence-corrected chi connectivity index (χ0v) is 17.3. The first-order valence-electron chi connectivity index (χ1n) is 8.74. The third-order valence-corrected chi connectivity index (χ3v) is 4.03. The second kappa shape index (κ2) is 14.6. The Bertz CT molecular complexity index is 456. The van der Waals surface area contributed by atoms with Crippen molar-refractivity contribution in [2.24, 2.45) is 0 Å². The number of carboxylic acids is 1. The van der Waals surface area contributed by atoms with E-state index in [9.17, 15) is 9.90 Å². The fraction of sp³-hybridized carbons (Fsp3) is 0.550. The number of unbranched alkanes of at least 4 members (excludes halogenated alkanes) is 5. The van der Waals surface area contributed by atoms with Crippen molar-refractivity contribution in [1.82, 2.24) is 0 Å². The Hall–Kier alpha value is -0.770. The molecule has 1 aromatic rings. The molecule has 0 aromatic heterocycles. The first kappa shape index (κ1) is 23.2. The van der Waals surface area contributed by atoms with E-state index in [0.29, 0.717) is 0 Å². The number of hydrogen-bond acceptors (Lipinski definition) is 3. The molecule has 0 aliphatic rings. The van der Waals surface area contributed by atoms with Gasteiger partial charge in [0.15, 0.2) is 0 Å². The van der Waals surface area contributed by atoms with Gasteiger partial charge in [0.05, 0.1) is 6.10 Å². The quantitative estimate of drug-likeness (QED) is 0.402. The van der Waals surface area contributed by atoms with Gasteiger partial charge < -0.3 is 14.6 Å². The van der Waals surface area contributed by atoms with E-state index in [1.807, 2.05) is 30.3 Å². The summed E-state index contributed by atoms with van der Waals surface area (Å²) in [5, 5.41) is 10.3. The Morgan fingerprint density at radius 3 is 2.25 bits per heavy atom. The Balaban J connectivity index is 0.00000529. The molecule has 0 heterocycles. The van der Waals surface area contributed by atoms with Gasteiger partial charge in [0.2, 0.25) is 0 Å². The Morgan fingerprint density at radius 1 is 1.12 bits per heavy atom. The van der Waals surface area contributed by atoms with Crippen molar-refractivity contribution in [1.29, 1.82) is 0 Å². The molecule has 4 heteroatoms. The van der Waals surface area contributed by atoms with Crippen LogP contribution in [0, 0.1) is 0 Å². The monoisotopic (exact) mass is 340 g/mol. The first-order valence-corrected chi connectivity index (χ1v) is 8.74. The molecule has 24 heavy (non-hydrogen) atoms. The number of hydrogen-bond donors (Lipinski definition) is 0. The molecule has 1 rings (SSSR count). The van der Waals surface area contributed by atoms with Crippen molar-refractivity contribution in [2.75, 3.05) is 0 Å². The Labute approximate surface area is 168 Å². The second-order valence-corrected chi connectivity index (χ2v) is 5.95. The fourth-order valence-electron chi connectivity index (χ4n) is 2.57. The van der Waals surface area contributed by atoms with Gasteiger partial charge in [-0.3, -0.25) is 0 Å². The largest absolute Gasteiger partial charge is 1.00 e. The van der Waals surface area contributed by atoms with E-state index in [1.165, 1.54) is 6.42 Å². The molecule has 0 saturated heterocycles. The van der Waals surface area contributed by atoms with Gasteiger partial charge in [0, 0.05) is 5.97 Å². The summed E-state index contributed by atoms with van der Waals surface area (Å²) in [4.78, 5) is 10.3. The Morgan fingerprint density at radius 2 is 1.71 bits per heavy atom. The molecule has 0 amide bonds. The predicted molar refractivity (Wildman–Crippen MR) is 93.2 cm³/mol. The number of carboxylic acid groups (broad SMARTS) is 1. The van der Waals surface area contributed by atoms with E-state index < -0.39 is 5.97 Å². The van der Waals surface area contributed by atoms with Crippen molar-refractivity contribution < 1.29 is 44.2 Å². The van der Waals surface area contributed by atoms with E-state index in [4.69, 9.17) is 4.74 Å². The molecule has 0 saturated carbocycles. The van der Waals surface area contributed by atoms with Gasteiger partial charge in [-0.15, -0.1) is 0 Å². The van der Waals surface area contributed by atoms with Crippen molar-refractivity contribution in [3.63, 3.8) is 0 Å². The molecule has 0 spiro atoms. The molecule has 0 radical (unpaired) electrons. The van der Waals surface area contributed by atoms with E-state index in [-0.39, 0.29) is 42.1 Å². The van der Waals surface area contributed by atoms with Crippen LogP contribution in [-0.2, 0) is 4.79 Å². The van der Waals surface area contributed by atoms with Crippen molar-refractivity contribution >= 4 is 12.0 Å². The summed E-state index contributed by atoms with van der Waals surface area (Å²) in [7, 11) is 0. The van der Waals surface area contributed by atoms with Crippen molar-refractivity contribution in [3.05, 3.63) is 36.4 Å². The normalized spacial score (nSPS) is 11.4. The summed E-state index contributed by atoms with van der Waals surface area (Å²) >= 11 is 0. The average Bonchev–Trinajstić information content (AvgIpc) is 2.56. The summed E-state index contributed by atoms with van der Waals surface area (Å²) < 4.78 is 6.03. The molecular formula is C20H29NaO3. The van der Waals surface area contributed by atoms with Crippen LogP contribution in [0.3, 0.4) is 0 Å². The SMILES string of the molecule is C=Cc1ccc(OC(CC)CCCCCCCCC(=O)[O-])cc1.[Na+]. The molecule has 0 aliphatic heterocycles. The number of aliphatic carboxylic acids is 1. The smallest absolute Gasteiger partial charge is 0.550 e. The summed E-state index contributed by atoms with van der Waals surface area (Å²) in [6.45, 7) is 5.91. The van der Waals surface area contributed by atoms with E-state index in [1.54, 1.807) is 0 Å². The number of rotatable bonds is 13. The van der Waals surface area contributed by atoms with Crippen molar-refractivity contribution in [3.8, 4) is 5.75 Å². The average molecular weight is 340 g/mol. The summed E-state index contributed by atoms with van der Waals surface area (Å²) in [6.07, 6.45) is 10.7. The minimum absolute atomic E-state index is 0. The predicted octanol–water partition coefficient (Wildman–Crippen LogP) is 1.36. The summed E-state index contributed by atoms with van der Waals surface area (Å²) in [5.74, 6) is -0.0150. The molecule has 1 aromatic carbocycles. The van der Waals surface area contributed by atoms with Gasteiger partial charge in [0.25, 0.3) is 0 Å². The van der Waals surface area contributed by atoms with Crippen molar-refractivity contribution in [2.45, 2.75) is 70.8 Å². The van der Waals surface area contributed by atoms with Crippen LogP contribution in [0.4, 0.5) is 0 Å². The second-order valence-electron chi connectivity index (χ2n) is 5.95. The summed E-state index contributed by atoms with van der Waals surface area (Å²) in [5.41, 5.74) is 1.10. The number of carbonyl (C=O) groups excluding carboxylic acids is 1. The van der Waals surface area contributed by atoms with Gasteiger partial charge >= 0.3 is 29.6 Å². The van der Waals surface area contributed by atoms with E-state index in [2.05, 4.69) is 13.5 Å². The molecular weight excluding hydrogens is 311 g/mol. The zero-order chi connectivity index (χ0) is 16.9. The molecule has 0 N–H and O–H groups in total. The van der Waals surface area contributed by atoms with Gasteiger partial charge in [-0.1, -0.05) is 57.4 Å². The summed E-state index contributed by atoms with van der Waals surface area (Å²) in [6, 6.07) is 8.03. The molecule has 0 fully saturated rings. The molecule has 0 aliphatic carbocycles. The number of benzene rings is 1. The van der Waals surface area contributed by atoms with Crippen LogP contribution in [0.5, 0.6) is 5.75 Å². The van der Waals surface area contributed by atoms with E-state index >= 15 is 0 Å². The van der Waals surface area contributed by atoms with Gasteiger partial charge in [-0.2, -0.15) is 0 Å². The minimum atomic E-state index is -0.936. The van der Waals surface area contributed by atoms with Crippen LogP contribution >= 0.6 is 0 Å². The van der Waals surface area contributed by atoms with Crippen LogP contribution < -0.4 is 39.4 Å². The maximum atomic E-state index is 10.3. The van der Waals surface area contributed by atoms with Crippen LogP contribution in [0.2, 0.25) is 0 Å². The van der Waals surface area contributed by atoms with Crippen LogP contribution in [-0.4, -0.2) is 12.1 Å². The molecule has 3 nitrogen and oxygen atoms in total. The first-order chi connectivity index (χ1) is 11.2. The number of ether oxygens (including phenoxy) is 1. The van der Waals surface area contributed by atoms with Gasteiger partial charge in [-0.25, -0.2) is 0 Å². The van der Waals surface area contributed by atoms with E-state index in [0.717, 1.165) is 56.3 Å². The number of carbonyl (C=O) groups is 1. The molecule has 1 unspecified atom stereocenters. The molecule has 1 atom stereocenters. The van der Waals surface area contributed by atoms with Crippen LogP contribution in [0.1, 0.15) is 70.3 Å². The molecule has 128 valence electrons. The third-order valence-electron chi connectivity index (χ3n) is 4.03. The standard InChI is InChI=1S/C20H30O3.Na/c1-3-17-13-15-19(16-14-17)23-18(4-2)11-9-7-5-6-8-10-12-20(21)22;/h3,13-16,18H,1,4-12H2,2H3,(H,21,22);/q;+1/p-1.